The van der Waals surface area contributed by atoms with Crippen LogP contribution in [0.4, 0.5) is 0 Å². The van der Waals surface area contributed by atoms with Crippen LogP contribution in [-0.4, -0.2) is 15.9 Å². The highest BCUT2D eigenvalue weighted by molar-refractivity contribution is 5.90. The van der Waals surface area contributed by atoms with E-state index in [-0.39, 0.29) is 0 Å². The molecule has 0 aliphatic heterocycles. The van der Waals surface area contributed by atoms with E-state index >= 15 is 0 Å². The molecule has 0 unspecified atom stereocenters. The zero-order chi connectivity index (χ0) is 11.4. The molecule has 0 aliphatic rings. The lowest BCUT2D eigenvalue weighted by molar-refractivity contribution is 0.0733. The fraction of sp³-hybridized carbons (Fsp3) is 0.0833. The number of aromatic nitrogens is 2. The van der Waals surface area contributed by atoms with Gasteiger partial charge in [-0.05, 0) is 19.1 Å². The van der Waals surface area contributed by atoms with Gasteiger partial charge in [-0.25, -0.2) is 14.8 Å². The second-order valence-electron chi connectivity index (χ2n) is 3.22. The predicted molar refractivity (Wildman–Crippen MR) is 58.2 cm³/mol. The van der Waals surface area contributed by atoms with Crippen LogP contribution in [-0.2, 0) is 0 Å². The van der Waals surface area contributed by atoms with Crippen molar-refractivity contribution in [1.29, 1.82) is 0 Å². The van der Waals surface area contributed by atoms with Gasteiger partial charge in [0.1, 0.15) is 5.82 Å². The Hall–Kier alpha value is -2.23. The average Bonchev–Trinajstić information content (AvgIpc) is 2.33. The van der Waals surface area contributed by atoms with Crippen LogP contribution in [0.25, 0.3) is 0 Å². The number of aryl methyl sites for hydroxylation is 1. The molecule has 0 spiro atoms. The third-order valence-electron chi connectivity index (χ3n) is 1.98. The van der Waals surface area contributed by atoms with Gasteiger partial charge in [-0.2, -0.15) is 0 Å². The Bertz CT molecular complexity index is 480. The van der Waals surface area contributed by atoms with Crippen molar-refractivity contribution in [3.63, 3.8) is 0 Å². The number of benzene rings is 1. The second kappa shape index (κ2) is 4.53. The number of rotatable bonds is 2. The van der Waals surface area contributed by atoms with E-state index in [1.165, 1.54) is 12.4 Å². The van der Waals surface area contributed by atoms with Crippen LogP contribution >= 0.6 is 0 Å². The van der Waals surface area contributed by atoms with Gasteiger partial charge in [0.05, 0.1) is 18.0 Å². The van der Waals surface area contributed by atoms with Gasteiger partial charge in [0.15, 0.2) is 5.75 Å². The molecular formula is C12H10N2O2. The number of hydrogen-bond acceptors (Lipinski definition) is 4. The maximum Gasteiger partial charge on any atom is 0.343 e. The SMILES string of the molecule is Cc1ncc(OC(=O)c2ccccc2)cn1. The van der Waals surface area contributed by atoms with Crippen LogP contribution in [0.15, 0.2) is 42.7 Å². The molecular weight excluding hydrogens is 204 g/mol. The van der Waals surface area contributed by atoms with Crippen molar-refractivity contribution in [2.45, 2.75) is 6.92 Å². The minimum atomic E-state index is -0.409. The van der Waals surface area contributed by atoms with Crippen LogP contribution < -0.4 is 4.74 Å². The first-order valence-electron chi connectivity index (χ1n) is 4.81. The Morgan fingerprint density at radius 2 is 1.75 bits per heavy atom. The fourth-order valence-electron chi connectivity index (χ4n) is 1.17. The molecule has 1 heterocycles. The summed E-state index contributed by atoms with van der Waals surface area (Å²) in [6.07, 6.45) is 2.95. The minimum Gasteiger partial charge on any atom is -0.420 e. The summed E-state index contributed by atoms with van der Waals surface area (Å²) >= 11 is 0. The summed E-state index contributed by atoms with van der Waals surface area (Å²) in [4.78, 5) is 19.5. The van der Waals surface area contributed by atoms with Crippen LogP contribution in [0, 0.1) is 6.92 Å². The molecule has 0 atom stereocenters. The average molecular weight is 214 g/mol. The largest absolute Gasteiger partial charge is 0.420 e. The molecule has 0 amide bonds. The number of ether oxygens (including phenoxy) is 1. The van der Waals surface area contributed by atoms with E-state index < -0.39 is 5.97 Å². The molecule has 4 heteroatoms. The van der Waals surface area contributed by atoms with Crippen molar-refractivity contribution < 1.29 is 9.53 Å². The monoisotopic (exact) mass is 214 g/mol. The van der Waals surface area contributed by atoms with E-state index in [0.717, 1.165) is 0 Å². The molecule has 80 valence electrons. The van der Waals surface area contributed by atoms with Gasteiger partial charge in [0.2, 0.25) is 0 Å². The van der Waals surface area contributed by atoms with Gasteiger partial charge < -0.3 is 4.74 Å². The fourth-order valence-corrected chi connectivity index (χ4v) is 1.17. The van der Waals surface area contributed by atoms with Gasteiger partial charge in [0, 0.05) is 0 Å². The normalized spacial score (nSPS) is 9.81. The first-order valence-corrected chi connectivity index (χ1v) is 4.81. The van der Waals surface area contributed by atoms with Gasteiger partial charge in [-0.3, -0.25) is 0 Å². The first kappa shape index (κ1) is 10.3. The van der Waals surface area contributed by atoms with E-state index in [1.807, 2.05) is 6.07 Å². The summed E-state index contributed by atoms with van der Waals surface area (Å²) in [5, 5.41) is 0. The van der Waals surface area contributed by atoms with Gasteiger partial charge in [-0.15, -0.1) is 0 Å². The van der Waals surface area contributed by atoms with Gasteiger partial charge in [-0.1, -0.05) is 18.2 Å². The Morgan fingerprint density at radius 1 is 1.12 bits per heavy atom. The number of hydrogen-bond donors (Lipinski definition) is 0. The van der Waals surface area contributed by atoms with Gasteiger partial charge >= 0.3 is 5.97 Å². The maximum atomic E-state index is 11.6. The van der Waals surface area contributed by atoms with Crippen molar-refractivity contribution in [2.75, 3.05) is 0 Å². The zero-order valence-corrected chi connectivity index (χ0v) is 8.75. The molecule has 2 aromatic rings. The van der Waals surface area contributed by atoms with Crippen LogP contribution in [0.5, 0.6) is 5.75 Å². The molecule has 0 saturated carbocycles. The summed E-state index contributed by atoms with van der Waals surface area (Å²) in [6.45, 7) is 1.77. The first-order chi connectivity index (χ1) is 7.75. The third-order valence-corrected chi connectivity index (χ3v) is 1.98. The van der Waals surface area contributed by atoms with Crippen molar-refractivity contribution in [3.05, 3.63) is 54.1 Å². The molecule has 2 rings (SSSR count). The lowest BCUT2D eigenvalue weighted by Gasteiger charge is -2.02. The van der Waals surface area contributed by atoms with Gasteiger partial charge in [0.25, 0.3) is 0 Å². The quantitative estimate of drug-likeness (QED) is 0.717. The Balaban J connectivity index is 2.11. The molecule has 0 aliphatic carbocycles. The van der Waals surface area contributed by atoms with E-state index in [9.17, 15) is 4.79 Å². The molecule has 0 fully saturated rings. The number of carbonyl (C=O) groups excluding carboxylic acids is 1. The second-order valence-corrected chi connectivity index (χ2v) is 3.22. The van der Waals surface area contributed by atoms with Crippen LogP contribution in [0.2, 0.25) is 0 Å². The Labute approximate surface area is 92.9 Å². The van der Waals surface area contributed by atoms with E-state index in [2.05, 4.69) is 9.97 Å². The highest BCUT2D eigenvalue weighted by Crippen LogP contribution is 2.09. The third kappa shape index (κ3) is 2.42. The topological polar surface area (TPSA) is 52.1 Å². The molecule has 1 aromatic carbocycles. The molecule has 1 aromatic heterocycles. The molecule has 4 nitrogen and oxygen atoms in total. The lowest BCUT2D eigenvalue weighted by atomic mass is 10.2. The van der Waals surface area contributed by atoms with E-state index in [0.29, 0.717) is 17.1 Å². The van der Waals surface area contributed by atoms with Crippen LogP contribution in [0.1, 0.15) is 16.2 Å². The standard InChI is InChI=1S/C12H10N2O2/c1-9-13-7-11(8-14-9)16-12(15)10-5-3-2-4-6-10/h2-8H,1H3. The van der Waals surface area contributed by atoms with Crippen LogP contribution in [0.3, 0.4) is 0 Å². The van der Waals surface area contributed by atoms with Crippen molar-refractivity contribution in [1.82, 2.24) is 9.97 Å². The summed E-state index contributed by atoms with van der Waals surface area (Å²) in [6, 6.07) is 8.78. The number of esters is 1. The van der Waals surface area contributed by atoms with Crippen molar-refractivity contribution in [2.24, 2.45) is 0 Å². The smallest absolute Gasteiger partial charge is 0.343 e. The minimum absolute atomic E-state index is 0.347. The molecule has 0 radical (unpaired) electrons. The maximum absolute atomic E-state index is 11.6. The highest BCUT2D eigenvalue weighted by atomic mass is 16.5. The lowest BCUT2D eigenvalue weighted by Crippen LogP contribution is -2.08. The summed E-state index contributed by atoms with van der Waals surface area (Å²) in [5.74, 6) is 0.576. The summed E-state index contributed by atoms with van der Waals surface area (Å²) in [5.41, 5.74) is 0.503. The summed E-state index contributed by atoms with van der Waals surface area (Å²) < 4.78 is 5.09. The highest BCUT2D eigenvalue weighted by Gasteiger charge is 2.07. The Kier molecular flexibility index (Phi) is 2.91. The number of carbonyl (C=O) groups is 1. The molecule has 0 N–H and O–H groups in total. The molecule has 0 bridgehead atoms. The van der Waals surface area contributed by atoms with E-state index in [1.54, 1.807) is 31.2 Å². The van der Waals surface area contributed by atoms with Crippen molar-refractivity contribution in [3.8, 4) is 5.75 Å². The van der Waals surface area contributed by atoms with Crippen molar-refractivity contribution >= 4 is 5.97 Å². The zero-order valence-electron chi connectivity index (χ0n) is 8.75. The molecule has 16 heavy (non-hydrogen) atoms. The van der Waals surface area contributed by atoms with E-state index in [4.69, 9.17) is 4.74 Å². The summed E-state index contributed by atoms with van der Waals surface area (Å²) in [7, 11) is 0. The predicted octanol–water partition coefficient (Wildman–Crippen LogP) is 2.00. The Morgan fingerprint density at radius 3 is 2.38 bits per heavy atom. The number of nitrogens with zero attached hydrogens (tertiary/aromatic N) is 2. The molecule has 0 saturated heterocycles.